The Morgan fingerprint density at radius 1 is 1.14 bits per heavy atom. The van der Waals surface area contributed by atoms with Crippen LogP contribution < -0.4 is 5.56 Å². The molecule has 1 aromatic carbocycles. The van der Waals surface area contributed by atoms with Gasteiger partial charge in [-0.05, 0) is 18.4 Å². The average Bonchev–Trinajstić information content (AvgIpc) is 3.01. The minimum Gasteiger partial charge on any atom is -0.396 e. The minimum atomic E-state index is -0.174. The van der Waals surface area contributed by atoms with Gasteiger partial charge in [0.15, 0.2) is 0 Å². The summed E-state index contributed by atoms with van der Waals surface area (Å²) in [4.78, 5) is 16.6. The van der Waals surface area contributed by atoms with Crippen LogP contribution in [-0.2, 0) is 6.54 Å². The first-order chi connectivity index (χ1) is 10.3. The molecule has 0 amide bonds. The van der Waals surface area contributed by atoms with Crippen molar-refractivity contribution in [1.82, 2.24) is 19.2 Å². The number of hydrogen-bond donors (Lipinski definition) is 1. The molecule has 0 aliphatic heterocycles. The van der Waals surface area contributed by atoms with Crippen molar-refractivity contribution in [1.29, 1.82) is 0 Å². The van der Waals surface area contributed by atoms with E-state index in [1.165, 1.54) is 10.8 Å². The molecule has 0 aliphatic rings. The molecule has 6 nitrogen and oxygen atoms in total. The Kier molecular flexibility index (Phi) is 3.79. The Balaban J connectivity index is 2.12. The maximum Gasteiger partial charge on any atom is 0.283 e. The number of benzene rings is 1. The first-order valence-corrected chi connectivity index (χ1v) is 6.90. The van der Waals surface area contributed by atoms with Gasteiger partial charge < -0.3 is 9.67 Å². The average molecular weight is 284 g/mol. The summed E-state index contributed by atoms with van der Waals surface area (Å²) in [6, 6.07) is 9.51. The van der Waals surface area contributed by atoms with Crippen molar-refractivity contribution in [2.75, 3.05) is 6.61 Å². The van der Waals surface area contributed by atoms with Gasteiger partial charge in [0.05, 0.1) is 5.56 Å². The number of fused-ring (bicyclic) bond motifs is 1. The summed E-state index contributed by atoms with van der Waals surface area (Å²) in [6.07, 6.45) is 4.73. The molecule has 0 unspecified atom stereocenters. The van der Waals surface area contributed by atoms with Gasteiger partial charge in [-0.25, -0.2) is 0 Å². The second-order valence-corrected chi connectivity index (χ2v) is 4.81. The summed E-state index contributed by atoms with van der Waals surface area (Å²) in [6.45, 7) is 0.845. The molecule has 0 spiro atoms. The molecule has 3 rings (SSSR count). The van der Waals surface area contributed by atoms with Crippen LogP contribution in [0.4, 0.5) is 0 Å². The predicted octanol–water partition coefficient (Wildman–Crippen LogP) is 1.33. The summed E-state index contributed by atoms with van der Waals surface area (Å²) in [5.41, 5.74) is 1.28. The quantitative estimate of drug-likeness (QED) is 0.717. The number of unbranched alkanes of at least 4 members (excludes halogenated alkanes) is 1. The number of aliphatic hydroxyl groups is 1. The summed E-state index contributed by atoms with van der Waals surface area (Å²) in [7, 11) is 0. The third-order valence-corrected chi connectivity index (χ3v) is 3.39. The third kappa shape index (κ3) is 2.57. The molecule has 0 saturated carbocycles. The zero-order chi connectivity index (χ0) is 14.7. The van der Waals surface area contributed by atoms with E-state index in [0.717, 1.165) is 12.0 Å². The Morgan fingerprint density at radius 2 is 1.95 bits per heavy atom. The van der Waals surface area contributed by atoms with Crippen molar-refractivity contribution >= 4 is 5.78 Å². The fourth-order valence-corrected chi connectivity index (χ4v) is 2.33. The number of nitrogens with zero attached hydrogens (tertiary/aromatic N) is 4. The minimum absolute atomic E-state index is 0.161. The Hall–Kier alpha value is -2.47. The van der Waals surface area contributed by atoms with Crippen LogP contribution in [0.15, 0.2) is 47.7 Å². The van der Waals surface area contributed by atoms with Gasteiger partial charge in [0, 0.05) is 19.3 Å². The molecule has 2 aromatic heterocycles. The molecule has 0 fully saturated rings. The fraction of sp³-hybridized carbons (Fsp3) is 0.267. The van der Waals surface area contributed by atoms with Crippen molar-refractivity contribution in [3.63, 3.8) is 0 Å². The van der Waals surface area contributed by atoms with Crippen molar-refractivity contribution < 1.29 is 5.11 Å². The Labute approximate surface area is 121 Å². The van der Waals surface area contributed by atoms with Crippen LogP contribution in [0.2, 0.25) is 0 Å². The first kappa shape index (κ1) is 13.5. The van der Waals surface area contributed by atoms with Gasteiger partial charge in [-0.15, -0.1) is 0 Å². The first-order valence-electron chi connectivity index (χ1n) is 6.90. The zero-order valence-electron chi connectivity index (χ0n) is 11.5. The van der Waals surface area contributed by atoms with Crippen LogP contribution in [0.25, 0.3) is 16.9 Å². The molecule has 6 heteroatoms. The van der Waals surface area contributed by atoms with E-state index in [1.54, 1.807) is 0 Å². The van der Waals surface area contributed by atoms with Crippen molar-refractivity contribution in [2.45, 2.75) is 19.4 Å². The van der Waals surface area contributed by atoms with Gasteiger partial charge in [0.25, 0.3) is 5.56 Å². The van der Waals surface area contributed by atoms with Crippen molar-refractivity contribution in [2.24, 2.45) is 0 Å². The van der Waals surface area contributed by atoms with Crippen LogP contribution >= 0.6 is 0 Å². The van der Waals surface area contributed by atoms with Gasteiger partial charge in [-0.2, -0.15) is 14.6 Å². The molecule has 0 bridgehead atoms. The van der Waals surface area contributed by atoms with Crippen LogP contribution in [0.3, 0.4) is 0 Å². The van der Waals surface area contributed by atoms with Gasteiger partial charge in [-0.1, -0.05) is 30.3 Å². The summed E-state index contributed by atoms with van der Waals surface area (Å²) in [5, 5.41) is 12.9. The lowest BCUT2D eigenvalue weighted by atomic mass is 10.1. The summed E-state index contributed by atoms with van der Waals surface area (Å²) < 4.78 is 3.23. The molecule has 0 saturated heterocycles. The number of rotatable bonds is 5. The van der Waals surface area contributed by atoms with Gasteiger partial charge in [0.1, 0.15) is 6.33 Å². The maximum absolute atomic E-state index is 12.5. The van der Waals surface area contributed by atoms with E-state index in [-0.39, 0.29) is 12.2 Å². The molecule has 2 heterocycles. The van der Waals surface area contributed by atoms with Gasteiger partial charge in [0.2, 0.25) is 5.78 Å². The van der Waals surface area contributed by atoms with E-state index in [1.807, 2.05) is 41.1 Å². The molecule has 1 N–H and O–H groups in total. The molecule has 0 radical (unpaired) electrons. The highest BCUT2D eigenvalue weighted by atomic mass is 16.2. The molecule has 3 aromatic rings. The molecular weight excluding hydrogens is 268 g/mol. The van der Waals surface area contributed by atoms with E-state index >= 15 is 0 Å². The number of hydrogen-bond acceptors (Lipinski definition) is 4. The van der Waals surface area contributed by atoms with Gasteiger partial charge >= 0.3 is 0 Å². The maximum atomic E-state index is 12.5. The summed E-state index contributed by atoms with van der Waals surface area (Å²) in [5.74, 6) is 0.526. The van der Waals surface area contributed by atoms with E-state index < -0.39 is 0 Å². The van der Waals surface area contributed by atoms with Gasteiger partial charge in [-0.3, -0.25) is 4.79 Å². The highest BCUT2D eigenvalue weighted by Crippen LogP contribution is 2.15. The summed E-state index contributed by atoms with van der Waals surface area (Å²) >= 11 is 0. The van der Waals surface area contributed by atoms with Crippen molar-refractivity contribution in [3.05, 3.63) is 53.2 Å². The lowest BCUT2D eigenvalue weighted by Crippen LogP contribution is -2.21. The highest BCUT2D eigenvalue weighted by molar-refractivity contribution is 5.62. The normalized spacial score (nSPS) is 11.1. The smallest absolute Gasteiger partial charge is 0.283 e. The largest absolute Gasteiger partial charge is 0.396 e. The van der Waals surface area contributed by atoms with E-state index in [4.69, 9.17) is 5.11 Å². The molecular formula is C15H16N4O2. The fourth-order valence-electron chi connectivity index (χ4n) is 2.33. The Morgan fingerprint density at radius 3 is 2.71 bits per heavy atom. The van der Waals surface area contributed by atoms with Crippen LogP contribution in [0, 0.1) is 0 Å². The van der Waals surface area contributed by atoms with E-state index in [2.05, 4.69) is 10.1 Å². The SMILES string of the molecule is O=c1c(-c2ccccc2)cn(CCCCO)c2ncnn12. The van der Waals surface area contributed by atoms with E-state index in [0.29, 0.717) is 24.3 Å². The standard InChI is InChI=1S/C15H16N4O2/c20-9-5-4-8-18-10-13(12-6-2-1-3-7-12)14(21)19-15(18)16-11-17-19/h1-3,6-7,10-11,20H,4-5,8-9H2. The third-order valence-electron chi connectivity index (χ3n) is 3.39. The lowest BCUT2D eigenvalue weighted by Gasteiger charge is -2.10. The second-order valence-electron chi connectivity index (χ2n) is 4.81. The lowest BCUT2D eigenvalue weighted by molar-refractivity contribution is 0.281. The zero-order valence-corrected chi connectivity index (χ0v) is 11.5. The molecule has 0 aliphatic carbocycles. The molecule has 0 atom stereocenters. The van der Waals surface area contributed by atoms with Crippen LogP contribution in [0.1, 0.15) is 12.8 Å². The highest BCUT2D eigenvalue weighted by Gasteiger charge is 2.11. The predicted molar refractivity (Wildman–Crippen MR) is 79.0 cm³/mol. The number of aromatic nitrogens is 4. The number of aliphatic hydroxyl groups excluding tert-OH is 1. The van der Waals surface area contributed by atoms with Crippen LogP contribution in [0.5, 0.6) is 0 Å². The van der Waals surface area contributed by atoms with Crippen molar-refractivity contribution in [3.8, 4) is 11.1 Å². The van der Waals surface area contributed by atoms with Crippen LogP contribution in [-0.4, -0.2) is 30.9 Å². The second kappa shape index (κ2) is 5.88. The topological polar surface area (TPSA) is 72.4 Å². The molecule has 108 valence electrons. The van der Waals surface area contributed by atoms with E-state index in [9.17, 15) is 4.79 Å². The molecule has 21 heavy (non-hydrogen) atoms. The monoisotopic (exact) mass is 284 g/mol. The number of aryl methyl sites for hydroxylation is 1. The Bertz CT molecular complexity index is 792.